The van der Waals surface area contributed by atoms with E-state index < -0.39 is 0 Å². The number of nitrogens with zero attached hydrogens (tertiary/aromatic N) is 3. The van der Waals surface area contributed by atoms with Crippen molar-refractivity contribution in [1.82, 2.24) is 9.88 Å². The maximum absolute atomic E-state index is 6.00. The lowest BCUT2D eigenvalue weighted by molar-refractivity contribution is 0.201. The van der Waals surface area contributed by atoms with Crippen LogP contribution in [0, 0.1) is 0 Å². The monoisotopic (exact) mass is 248 g/mol. The molecule has 2 N–H and O–H groups in total. The highest BCUT2D eigenvalue weighted by Crippen LogP contribution is 2.14. The highest BCUT2D eigenvalue weighted by molar-refractivity contribution is 5.37. The highest BCUT2D eigenvalue weighted by atomic mass is 15.2. The number of aromatic nitrogens is 1. The van der Waals surface area contributed by atoms with Gasteiger partial charge in [0.15, 0.2) is 0 Å². The van der Waals surface area contributed by atoms with E-state index in [4.69, 9.17) is 5.73 Å². The topological polar surface area (TPSA) is 45.4 Å². The maximum Gasteiger partial charge on any atom is 0.128 e. The molecule has 2 heterocycles. The summed E-state index contributed by atoms with van der Waals surface area (Å²) in [7, 11) is 2.06. The molecule has 1 aliphatic heterocycles. The average molecular weight is 248 g/mol. The molecule has 1 aromatic heterocycles. The molecule has 1 unspecified atom stereocenters. The molecule has 1 aliphatic rings. The van der Waals surface area contributed by atoms with Crippen molar-refractivity contribution in [2.45, 2.75) is 32.4 Å². The first-order chi connectivity index (χ1) is 8.69. The summed E-state index contributed by atoms with van der Waals surface area (Å²) in [6, 6.07) is 4.62. The second-order valence-electron chi connectivity index (χ2n) is 5.18. The summed E-state index contributed by atoms with van der Waals surface area (Å²) in [5.41, 5.74) is 7.27. The summed E-state index contributed by atoms with van der Waals surface area (Å²) in [5, 5.41) is 0. The molecule has 1 atom stereocenters. The van der Waals surface area contributed by atoms with Crippen molar-refractivity contribution in [2.24, 2.45) is 5.73 Å². The lowest BCUT2D eigenvalue weighted by atomic mass is 10.1. The van der Waals surface area contributed by atoms with E-state index in [1.165, 1.54) is 12.0 Å². The molecule has 4 heteroatoms. The number of hydrogen-bond donors (Lipinski definition) is 1. The highest BCUT2D eigenvalue weighted by Gasteiger charge is 2.16. The van der Waals surface area contributed by atoms with Gasteiger partial charge in [-0.3, -0.25) is 4.90 Å². The molecule has 1 aromatic rings. The Labute approximate surface area is 110 Å². The van der Waals surface area contributed by atoms with E-state index in [2.05, 4.69) is 40.9 Å². The van der Waals surface area contributed by atoms with Crippen LogP contribution in [0.15, 0.2) is 18.3 Å². The molecule has 1 fully saturated rings. The Morgan fingerprint density at radius 1 is 1.50 bits per heavy atom. The Hall–Kier alpha value is -1.13. The average Bonchev–Trinajstić information content (AvgIpc) is 2.39. The molecule has 0 bridgehead atoms. The molecule has 0 aliphatic carbocycles. The third-order valence-electron chi connectivity index (χ3n) is 3.62. The van der Waals surface area contributed by atoms with Crippen LogP contribution in [-0.4, -0.2) is 42.6 Å². The van der Waals surface area contributed by atoms with E-state index in [0.717, 1.165) is 38.4 Å². The molecule has 18 heavy (non-hydrogen) atoms. The van der Waals surface area contributed by atoms with Gasteiger partial charge in [-0.1, -0.05) is 6.07 Å². The Morgan fingerprint density at radius 2 is 2.33 bits per heavy atom. The van der Waals surface area contributed by atoms with E-state index in [1.54, 1.807) is 0 Å². The summed E-state index contributed by atoms with van der Waals surface area (Å²) in [4.78, 5) is 9.07. The second kappa shape index (κ2) is 6.16. The zero-order valence-corrected chi connectivity index (χ0v) is 11.5. The lowest BCUT2D eigenvalue weighted by Crippen LogP contribution is -2.42. The molecule has 0 saturated carbocycles. The van der Waals surface area contributed by atoms with Crippen molar-refractivity contribution in [3.63, 3.8) is 0 Å². The minimum absolute atomic E-state index is 0.345. The van der Waals surface area contributed by atoms with Gasteiger partial charge >= 0.3 is 0 Å². The van der Waals surface area contributed by atoms with E-state index in [0.29, 0.717) is 6.04 Å². The van der Waals surface area contributed by atoms with Crippen molar-refractivity contribution in [3.05, 3.63) is 23.9 Å². The second-order valence-corrected chi connectivity index (χ2v) is 5.18. The number of pyridine rings is 1. The van der Waals surface area contributed by atoms with Crippen LogP contribution in [0.25, 0.3) is 0 Å². The van der Waals surface area contributed by atoms with Crippen LogP contribution in [0.3, 0.4) is 0 Å². The van der Waals surface area contributed by atoms with Crippen molar-refractivity contribution in [2.75, 3.05) is 31.6 Å². The number of nitrogens with two attached hydrogens (primary N) is 1. The quantitative estimate of drug-likeness (QED) is 0.876. The van der Waals surface area contributed by atoms with Crippen molar-refractivity contribution in [3.8, 4) is 0 Å². The normalized spacial score (nSPS) is 20.9. The van der Waals surface area contributed by atoms with Crippen LogP contribution >= 0.6 is 0 Å². The Morgan fingerprint density at radius 3 is 2.94 bits per heavy atom. The first kappa shape index (κ1) is 13.3. The van der Waals surface area contributed by atoms with Crippen molar-refractivity contribution in [1.29, 1.82) is 0 Å². The minimum atomic E-state index is 0.345. The molecule has 0 spiro atoms. The fourth-order valence-corrected chi connectivity index (χ4v) is 2.39. The Bertz CT molecular complexity index is 363. The summed E-state index contributed by atoms with van der Waals surface area (Å²) >= 11 is 0. The summed E-state index contributed by atoms with van der Waals surface area (Å²) < 4.78 is 0. The van der Waals surface area contributed by atoms with E-state index in [-0.39, 0.29) is 0 Å². The summed E-state index contributed by atoms with van der Waals surface area (Å²) in [6.07, 6.45) is 4.36. The predicted octanol–water partition coefficient (Wildman–Crippen LogP) is 1.46. The van der Waals surface area contributed by atoms with Gasteiger partial charge in [-0.25, -0.2) is 4.98 Å². The molecule has 0 radical (unpaired) electrons. The predicted molar refractivity (Wildman–Crippen MR) is 75.7 cm³/mol. The molecular formula is C14H24N4. The third kappa shape index (κ3) is 3.43. The van der Waals surface area contributed by atoms with Crippen LogP contribution in [0.5, 0.6) is 0 Å². The van der Waals surface area contributed by atoms with Gasteiger partial charge in [-0.2, -0.15) is 0 Å². The number of likely N-dealkylation sites (tertiary alicyclic amines) is 1. The molecule has 0 amide bonds. The van der Waals surface area contributed by atoms with Gasteiger partial charge in [0.1, 0.15) is 5.82 Å². The summed E-state index contributed by atoms with van der Waals surface area (Å²) in [6.45, 7) is 6.25. The lowest BCUT2D eigenvalue weighted by Gasteiger charge is -2.30. The van der Waals surface area contributed by atoms with Crippen LogP contribution in [-0.2, 0) is 6.54 Å². The van der Waals surface area contributed by atoms with Gasteiger partial charge in [0.2, 0.25) is 0 Å². The zero-order valence-electron chi connectivity index (χ0n) is 11.5. The maximum atomic E-state index is 6.00. The fourth-order valence-electron chi connectivity index (χ4n) is 2.39. The van der Waals surface area contributed by atoms with E-state index in [9.17, 15) is 0 Å². The van der Waals surface area contributed by atoms with Gasteiger partial charge < -0.3 is 10.6 Å². The first-order valence-corrected chi connectivity index (χ1v) is 6.83. The van der Waals surface area contributed by atoms with Crippen molar-refractivity contribution < 1.29 is 0 Å². The van der Waals surface area contributed by atoms with Crippen LogP contribution < -0.4 is 10.6 Å². The van der Waals surface area contributed by atoms with E-state index >= 15 is 0 Å². The molecule has 100 valence electrons. The van der Waals surface area contributed by atoms with Gasteiger partial charge in [-0.15, -0.1) is 0 Å². The standard InChI is InChI=1S/C14H24N4/c1-3-17(2)14-7-6-12(9-16-14)10-18-8-4-5-13(15)11-18/h6-7,9,13H,3-5,8,10-11,15H2,1-2H3. The van der Waals surface area contributed by atoms with Crippen LogP contribution in [0.1, 0.15) is 25.3 Å². The number of rotatable bonds is 4. The largest absolute Gasteiger partial charge is 0.360 e. The molecule has 0 aromatic carbocycles. The number of hydrogen-bond acceptors (Lipinski definition) is 4. The Balaban J connectivity index is 1.93. The molecule has 2 rings (SSSR count). The van der Waals surface area contributed by atoms with Gasteiger partial charge in [0.05, 0.1) is 0 Å². The molecule has 4 nitrogen and oxygen atoms in total. The molecular weight excluding hydrogens is 224 g/mol. The SMILES string of the molecule is CCN(C)c1ccc(CN2CCCC(N)C2)cn1. The van der Waals surface area contributed by atoms with Crippen LogP contribution in [0.2, 0.25) is 0 Å². The first-order valence-electron chi connectivity index (χ1n) is 6.83. The van der Waals surface area contributed by atoms with Gasteiger partial charge in [-0.05, 0) is 37.9 Å². The van der Waals surface area contributed by atoms with Crippen LogP contribution in [0.4, 0.5) is 5.82 Å². The number of piperidine rings is 1. The zero-order chi connectivity index (χ0) is 13.0. The number of anilines is 1. The van der Waals surface area contributed by atoms with Crippen molar-refractivity contribution >= 4 is 5.82 Å². The fraction of sp³-hybridized carbons (Fsp3) is 0.643. The van der Waals surface area contributed by atoms with Gasteiger partial charge in [0, 0.05) is 38.9 Å². The Kier molecular flexibility index (Phi) is 4.55. The smallest absolute Gasteiger partial charge is 0.128 e. The van der Waals surface area contributed by atoms with Gasteiger partial charge in [0.25, 0.3) is 0 Å². The van der Waals surface area contributed by atoms with E-state index in [1.807, 2.05) is 6.20 Å². The third-order valence-corrected chi connectivity index (χ3v) is 3.62. The minimum Gasteiger partial charge on any atom is -0.360 e. The molecule has 1 saturated heterocycles. The summed E-state index contributed by atoms with van der Waals surface area (Å²) in [5.74, 6) is 1.04.